The Kier molecular flexibility index (Phi) is 5.67. The highest BCUT2D eigenvalue weighted by atomic mass is 19.4. The van der Waals surface area contributed by atoms with Crippen molar-refractivity contribution in [3.05, 3.63) is 82.4 Å². The summed E-state index contributed by atoms with van der Waals surface area (Å²) in [5, 5.41) is 9.06. The molecule has 0 aromatic heterocycles. The molecule has 0 atom stereocenters. The van der Waals surface area contributed by atoms with Gasteiger partial charge in [-0.05, 0) is 30.2 Å². The first-order valence-corrected chi connectivity index (χ1v) is 7.65. The Labute approximate surface area is 150 Å². The maximum atomic E-state index is 13.0. The lowest BCUT2D eigenvalue weighted by molar-refractivity contribution is -0.138. The van der Waals surface area contributed by atoms with Gasteiger partial charge in [0.05, 0.1) is 11.1 Å². The zero-order chi connectivity index (χ0) is 20.4. The van der Waals surface area contributed by atoms with E-state index in [-0.39, 0.29) is 16.7 Å². The SMILES string of the molecule is C/C(=C\C(c1cccc(C(F)(F)F)c1)c1cccc(C(F)(F)F)c1)C(=O)O. The zero-order valence-corrected chi connectivity index (χ0v) is 13.9. The number of carboxylic acids is 1. The molecule has 2 aromatic carbocycles. The lowest BCUT2D eigenvalue weighted by atomic mass is 9.88. The van der Waals surface area contributed by atoms with E-state index in [0.717, 1.165) is 42.5 Å². The predicted molar refractivity (Wildman–Crippen MR) is 86.1 cm³/mol. The van der Waals surface area contributed by atoms with Crippen molar-refractivity contribution in [3.63, 3.8) is 0 Å². The van der Waals surface area contributed by atoms with Crippen molar-refractivity contribution in [2.24, 2.45) is 0 Å². The van der Waals surface area contributed by atoms with Gasteiger partial charge in [-0.2, -0.15) is 26.3 Å². The molecule has 27 heavy (non-hydrogen) atoms. The molecule has 2 nitrogen and oxygen atoms in total. The zero-order valence-electron chi connectivity index (χ0n) is 13.9. The molecule has 0 amide bonds. The molecular formula is C19H14F6O2. The second-order valence-electron chi connectivity index (χ2n) is 5.88. The molecule has 0 heterocycles. The average Bonchev–Trinajstić information content (AvgIpc) is 2.58. The lowest BCUT2D eigenvalue weighted by Crippen LogP contribution is -2.10. The van der Waals surface area contributed by atoms with Crippen LogP contribution in [0, 0.1) is 0 Å². The van der Waals surface area contributed by atoms with Crippen LogP contribution in [0.3, 0.4) is 0 Å². The molecule has 0 spiro atoms. The fourth-order valence-electron chi connectivity index (χ4n) is 2.52. The quantitative estimate of drug-likeness (QED) is 0.524. The minimum atomic E-state index is -4.64. The number of carbonyl (C=O) groups is 1. The largest absolute Gasteiger partial charge is 0.478 e. The molecule has 2 aromatic rings. The summed E-state index contributed by atoms with van der Waals surface area (Å²) in [6.45, 7) is 1.22. The van der Waals surface area contributed by atoms with Crippen molar-refractivity contribution in [1.82, 2.24) is 0 Å². The lowest BCUT2D eigenvalue weighted by Gasteiger charge is -2.18. The van der Waals surface area contributed by atoms with E-state index in [1.54, 1.807) is 0 Å². The second-order valence-corrected chi connectivity index (χ2v) is 5.88. The van der Waals surface area contributed by atoms with E-state index in [4.69, 9.17) is 5.11 Å². The third-order valence-corrected chi connectivity index (χ3v) is 3.90. The van der Waals surface area contributed by atoms with Gasteiger partial charge in [-0.25, -0.2) is 4.79 Å². The molecule has 2 rings (SSSR count). The molecule has 0 bridgehead atoms. The van der Waals surface area contributed by atoms with Gasteiger partial charge in [-0.1, -0.05) is 42.5 Å². The van der Waals surface area contributed by atoms with Crippen molar-refractivity contribution < 1.29 is 36.2 Å². The van der Waals surface area contributed by atoms with E-state index in [2.05, 4.69) is 0 Å². The van der Waals surface area contributed by atoms with E-state index in [0.29, 0.717) is 0 Å². The van der Waals surface area contributed by atoms with Crippen LogP contribution in [-0.4, -0.2) is 11.1 Å². The van der Waals surface area contributed by atoms with Gasteiger partial charge >= 0.3 is 18.3 Å². The van der Waals surface area contributed by atoms with Gasteiger partial charge in [-0.3, -0.25) is 0 Å². The summed E-state index contributed by atoms with van der Waals surface area (Å²) in [6, 6.07) is 8.15. The third-order valence-electron chi connectivity index (χ3n) is 3.90. The van der Waals surface area contributed by atoms with Gasteiger partial charge in [0.2, 0.25) is 0 Å². The van der Waals surface area contributed by atoms with Crippen molar-refractivity contribution in [1.29, 1.82) is 0 Å². The van der Waals surface area contributed by atoms with E-state index in [9.17, 15) is 31.1 Å². The van der Waals surface area contributed by atoms with Crippen LogP contribution in [-0.2, 0) is 17.1 Å². The Bertz CT molecular complexity index is 807. The second kappa shape index (κ2) is 7.46. The number of carboxylic acid groups (broad SMARTS) is 1. The molecule has 0 aliphatic carbocycles. The summed E-state index contributed by atoms with van der Waals surface area (Å²) in [5.41, 5.74) is -2.08. The van der Waals surface area contributed by atoms with Crippen molar-refractivity contribution in [3.8, 4) is 0 Å². The molecule has 0 aliphatic rings. The molecule has 0 saturated carbocycles. The Hall–Kier alpha value is -2.77. The van der Waals surface area contributed by atoms with Crippen LogP contribution in [0.2, 0.25) is 0 Å². The Morgan fingerprint density at radius 2 is 1.30 bits per heavy atom. The number of benzene rings is 2. The highest BCUT2D eigenvalue weighted by Gasteiger charge is 2.32. The number of aliphatic carboxylic acids is 1. The first-order valence-electron chi connectivity index (χ1n) is 7.65. The Morgan fingerprint density at radius 1 is 0.889 bits per heavy atom. The molecular weight excluding hydrogens is 374 g/mol. The standard InChI is InChI=1S/C19H14F6O2/c1-11(17(26)27)8-16(12-4-2-6-14(9-12)18(20,21)22)13-5-3-7-15(10-13)19(23,24)25/h2-10,16H,1H3,(H,26,27)/b11-8+. The van der Waals surface area contributed by atoms with Crippen LogP contribution in [0.1, 0.15) is 35.1 Å². The summed E-state index contributed by atoms with van der Waals surface area (Å²) < 4.78 is 77.9. The fraction of sp³-hybridized carbons (Fsp3) is 0.211. The van der Waals surface area contributed by atoms with E-state index < -0.39 is 35.4 Å². The number of hydrogen-bond donors (Lipinski definition) is 1. The minimum absolute atomic E-state index is 0.0322. The predicted octanol–water partition coefficient (Wildman–Crippen LogP) is 5.89. The van der Waals surface area contributed by atoms with E-state index in [1.807, 2.05) is 0 Å². The van der Waals surface area contributed by atoms with E-state index in [1.165, 1.54) is 19.1 Å². The molecule has 0 fully saturated rings. The number of hydrogen-bond acceptors (Lipinski definition) is 1. The Balaban J connectivity index is 2.64. The molecule has 144 valence electrons. The maximum Gasteiger partial charge on any atom is 0.416 e. The van der Waals surface area contributed by atoms with Crippen molar-refractivity contribution in [2.45, 2.75) is 25.2 Å². The molecule has 0 saturated heterocycles. The van der Waals surface area contributed by atoms with Crippen LogP contribution in [0.5, 0.6) is 0 Å². The number of alkyl halides is 6. The summed E-state index contributed by atoms with van der Waals surface area (Å²) >= 11 is 0. The number of halogens is 6. The molecule has 0 radical (unpaired) electrons. The van der Waals surface area contributed by atoms with Gasteiger partial charge in [0.25, 0.3) is 0 Å². The number of allylic oxidation sites excluding steroid dienone is 1. The smallest absolute Gasteiger partial charge is 0.416 e. The highest BCUT2D eigenvalue weighted by Crippen LogP contribution is 2.36. The third kappa shape index (κ3) is 5.12. The topological polar surface area (TPSA) is 37.3 Å². The normalized spacial score (nSPS) is 13.1. The molecule has 0 aliphatic heterocycles. The molecule has 1 N–H and O–H groups in total. The maximum absolute atomic E-state index is 13.0. The summed E-state index contributed by atoms with van der Waals surface area (Å²) in [4.78, 5) is 11.1. The monoisotopic (exact) mass is 388 g/mol. The van der Waals surface area contributed by atoms with Gasteiger partial charge in [0.15, 0.2) is 0 Å². The van der Waals surface area contributed by atoms with Crippen LogP contribution >= 0.6 is 0 Å². The summed E-state index contributed by atoms with van der Waals surface area (Å²) in [7, 11) is 0. The molecule has 8 heteroatoms. The Morgan fingerprint density at radius 3 is 1.63 bits per heavy atom. The highest BCUT2D eigenvalue weighted by molar-refractivity contribution is 5.86. The van der Waals surface area contributed by atoms with Crippen LogP contribution in [0.4, 0.5) is 26.3 Å². The number of rotatable bonds is 4. The van der Waals surface area contributed by atoms with Crippen LogP contribution in [0.15, 0.2) is 60.2 Å². The van der Waals surface area contributed by atoms with E-state index >= 15 is 0 Å². The first-order chi connectivity index (χ1) is 12.4. The van der Waals surface area contributed by atoms with Gasteiger partial charge in [-0.15, -0.1) is 0 Å². The van der Waals surface area contributed by atoms with Gasteiger partial charge < -0.3 is 5.11 Å². The van der Waals surface area contributed by atoms with Crippen molar-refractivity contribution in [2.75, 3.05) is 0 Å². The first kappa shape index (κ1) is 20.5. The average molecular weight is 388 g/mol. The van der Waals surface area contributed by atoms with Crippen molar-refractivity contribution >= 4 is 5.97 Å². The summed E-state index contributed by atoms with van der Waals surface area (Å²) in [6.07, 6.45) is -8.15. The van der Waals surface area contributed by atoms with Gasteiger partial charge in [0.1, 0.15) is 0 Å². The van der Waals surface area contributed by atoms with Crippen LogP contribution < -0.4 is 0 Å². The summed E-state index contributed by atoms with van der Waals surface area (Å²) in [5.74, 6) is -2.41. The van der Waals surface area contributed by atoms with Gasteiger partial charge in [0, 0.05) is 11.5 Å². The minimum Gasteiger partial charge on any atom is -0.478 e. The fourth-order valence-corrected chi connectivity index (χ4v) is 2.52. The van der Waals surface area contributed by atoms with Crippen LogP contribution in [0.25, 0.3) is 0 Å². The molecule has 0 unspecified atom stereocenters.